The van der Waals surface area contributed by atoms with E-state index in [2.05, 4.69) is 26.5 Å². The summed E-state index contributed by atoms with van der Waals surface area (Å²) in [7, 11) is 1.66. The van der Waals surface area contributed by atoms with Crippen molar-refractivity contribution in [2.75, 3.05) is 32.4 Å². The lowest BCUT2D eigenvalue weighted by molar-refractivity contribution is -0.149. The van der Waals surface area contributed by atoms with Crippen LogP contribution in [0.25, 0.3) is 0 Å². The van der Waals surface area contributed by atoms with Crippen LogP contribution in [0.3, 0.4) is 0 Å². The first-order chi connectivity index (χ1) is 7.45. The van der Waals surface area contributed by atoms with Crippen LogP contribution in [0.5, 0.6) is 0 Å². The SMILES string of the molecule is CC(C)C(CS)CN1CC(=O)N(C)CC1=O. The zero-order valence-electron chi connectivity index (χ0n) is 10.1. The van der Waals surface area contributed by atoms with Crippen LogP contribution >= 0.6 is 12.6 Å². The van der Waals surface area contributed by atoms with Gasteiger partial charge in [-0.15, -0.1) is 0 Å². The second-order valence-corrected chi connectivity index (χ2v) is 5.08. The highest BCUT2D eigenvalue weighted by molar-refractivity contribution is 7.80. The molecule has 92 valence electrons. The second kappa shape index (κ2) is 5.57. The number of rotatable bonds is 4. The molecule has 0 N–H and O–H groups in total. The molecule has 1 heterocycles. The van der Waals surface area contributed by atoms with Crippen LogP contribution < -0.4 is 0 Å². The Morgan fingerprint density at radius 1 is 1.25 bits per heavy atom. The molecule has 2 amide bonds. The quantitative estimate of drug-likeness (QED) is 0.731. The molecule has 1 unspecified atom stereocenters. The van der Waals surface area contributed by atoms with Gasteiger partial charge in [-0.2, -0.15) is 12.6 Å². The maximum Gasteiger partial charge on any atom is 0.242 e. The molecule has 16 heavy (non-hydrogen) atoms. The molecule has 5 heteroatoms. The molecular weight excluding hydrogens is 224 g/mol. The third-order valence-electron chi connectivity index (χ3n) is 3.11. The van der Waals surface area contributed by atoms with E-state index in [0.29, 0.717) is 18.4 Å². The average molecular weight is 244 g/mol. The Morgan fingerprint density at radius 3 is 2.38 bits per heavy atom. The highest BCUT2D eigenvalue weighted by atomic mass is 32.1. The summed E-state index contributed by atoms with van der Waals surface area (Å²) in [6.07, 6.45) is 0. The third kappa shape index (κ3) is 3.14. The van der Waals surface area contributed by atoms with Gasteiger partial charge in [0.15, 0.2) is 0 Å². The van der Waals surface area contributed by atoms with E-state index < -0.39 is 0 Å². The zero-order chi connectivity index (χ0) is 12.3. The first kappa shape index (κ1) is 13.4. The van der Waals surface area contributed by atoms with Crippen molar-refractivity contribution in [3.05, 3.63) is 0 Å². The number of hydrogen-bond acceptors (Lipinski definition) is 3. The Balaban J connectivity index is 2.59. The van der Waals surface area contributed by atoms with Crippen LogP contribution in [0.15, 0.2) is 0 Å². The predicted molar refractivity (Wildman–Crippen MR) is 66.4 cm³/mol. The van der Waals surface area contributed by atoms with Crippen molar-refractivity contribution >= 4 is 24.4 Å². The van der Waals surface area contributed by atoms with Gasteiger partial charge >= 0.3 is 0 Å². The van der Waals surface area contributed by atoms with Crippen LogP contribution in [-0.2, 0) is 9.59 Å². The van der Waals surface area contributed by atoms with Crippen molar-refractivity contribution in [2.24, 2.45) is 11.8 Å². The molecule has 0 aromatic rings. The second-order valence-electron chi connectivity index (χ2n) is 4.71. The molecule has 1 fully saturated rings. The molecule has 1 rings (SSSR count). The summed E-state index contributed by atoms with van der Waals surface area (Å²) in [6, 6.07) is 0. The van der Waals surface area contributed by atoms with E-state index in [1.165, 1.54) is 4.90 Å². The summed E-state index contributed by atoms with van der Waals surface area (Å²) in [6.45, 7) is 5.29. The monoisotopic (exact) mass is 244 g/mol. The predicted octanol–water partition coefficient (Wildman–Crippen LogP) is 0.489. The van der Waals surface area contributed by atoms with E-state index in [1.54, 1.807) is 11.9 Å². The lowest BCUT2D eigenvalue weighted by atomic mass is 9.97. The first-order valence-corrected chi connectivity index (χ1v) is 6.21. The Hall–Kier alpha value is -0.710. The van der Waals surface area contributed by atoms with E-state index in [9.17, 15) is 9.59 Å². The van der Waals surface area contributed by atoms with E-state index in [1.807, 2.05) is 0 Å². The maximum absolute atomic E-state index is 11.7. The number of hydrogen-bond donors (Lipinski definition) is 1. The number of amides is 2. The van der Waals surface area contributed by atoms with Crippen molar-refractivity contribution in [2.45, 2.75) is 13.8 Å². The van der Waals surface area contributed by atoms with Gasteiger partial charge in [-0.1, -0.05) is 13.8 Å². The smallest absolute Gasteiger partial charge is 0.242 e. The van der Waals surface area contributed by atoms with E-state index in [0.717, 1.165) is 5.75 Å². The van der Waals surface area contributed by atoms with Crippen molar-refractivity contribution in [1.82, 2.24) is 9.80 Å². The van der Waals surface area contributed by atoms with Crippen molar-refractivity contribution in [3.63, 3.8) is 0 Å². The molecule has 0 spiro atoms. The van der Waals surface area contributed by atoms with Gasteiger partial charge < -0.3 is 9.80 Å². The number of nitrogens with zero attached hydrogens (tertiary/aromatic N) is 2. The molecule has 1 atom stereocenters. The Bertz CT molecular complexity index is 281. The summed E-state index contributed by atoms with van der Waals surface area (Å²) < 4.78 is 0. The fourth-order valence-electron chi connectivity index (χ4n) is 1.69. The van der Waals surface area contributed by atoms with E-state index in [-0.39, 0.29) is 24.9 Å². The van der Waals surface area contributed by atoms with E-state index in [4.69, 9.17) is 0 Å². The van der Waals surface area contributed by atoms with Crippen LogP contribution in [0.4, 0.5) is 0 Å². The molecule has 0 bridgehead atoms. The minimum atomic E-state index is 0.0151. The number of carbonyl (C=O) groups is 2. The van der Waals surface area contributed by atoms with Crippen LogP contribution in [0.1, 0.15) is 13.8 Å². The van der Waals surface area contributed by atoms with E-state index >= 15 is 0 Å². The fourth-order valence-corrected chi connectivity index (χ4v) is 2.23. The highest BCUT2D eigenvalue weighted by Gasteiger charge is 2.29. The molecular formula is C11H20N2O2S. The topological polar surface area (TPSA) is 40.6 Å². The standard InChI is InChI=1S/C11H20N2O2S/c1-8(2)9(7-16)4-13-6-10(14)12(3)5-11(13)15/h8-9,16H,4-7H2,1-3H3. The third-order valence-corrected chi connectivity index (χ3v) is 3.58. The van der Waals surface area contributed by atoms with Gasteiger partial charge in [0.2, 0.25) is 11.8 Å². The van der Waals surface area contributed by atoms with Gasteiger partial charge in [-0.25, -0.2) is 0 Å². The molecule has 0 aliphatic carbocycles. The number of likely N-dealkylation sites (N-methyl/N-ethyl adjacent to an activating group) is 1. The number of piperazine rings is 1. The maximum atomic E-state index is 11.7. The summed E-state index contributed by atoms with van der Waals surface area (Å²) in [5.41, 5.74) is 0. The van der Waals surface area contributed by atoms with Crippen LogP contribution in [0, 0.1) is 11.8 Å². The average Bonchev–Trinajstić information content (AvgIpc) is 2.21. The lowest BCUT2D eigenvalue weighted by Crippen LogP contribution is -2.53. The van der Waals surface area contributed by atoms with Gasteiger partial charge in [0.1, 0.15) is 0 Å². The Morgan fingerprint density at radius 2 is 1.88 bits per heavy atom. The molecule has 0 aromatic heterocycles. The Kier molecular flexibility index (Phi) is 4.65. The van der Waals surface area contributed by atoms with Gasteiger partial charge in [0.25, 0.3) is 0 Å². The minimum Gasteiger partial charge on any atom is -0.335 e. The molecule has 1 aliphatic heterocycles. The molecule has 0 saturated carbocycles. The summed E-state index contributed by atoms with van der Waals surface area (Å²) in [5, 5.41) is 0. The number of thiol groups is 1. The van der Waals surface area contributed by atoms with Crippen LogP contribution in [-0.4, -0.2) is 54.0 Å². The summed E-state index contributed by atoms with van der Waals surface area (Å²) in [4.78, 5) is 26.4. The summed E-state index contributed by atoms with van der Waals surface area (Å²) >= 11 is 4.29. The van der Waals surface area contributed by atoms with Crippen LogP contribution in [0.2, 0.25) is 0 Å². The van der Waals surface area contributed by atoms with Crippen molar-refractivity contribution < 1.29 is 9.59 Å². The molecule has 1 saturated heterocycles. The molecule has 4 nitrogen and oxygen atoms in total. The lowest BCUT2D eigenvalue weighted by Gasteiger charge is -2.34. The highest BCUT2D eigenvalue weighted by Crippen LogP contribution is 2.16. The fraction of sp³-hybridized carbons (Fsp3) is 0.818. The normalized spacial score (nSPS) is 19.6. The zero-order valence-corrected chi connectivity index (χ0v) is 11.0. The van der Waals surface area contributed by atoms with Gasteiger partial charge in [0.05, 0.1) is 13.1 Å². The molecule has 1 aliphatic rings. The molecule has 0 aromatic carbocycles. The molecule has 0 radical (unpaired) electrons. The van der Waals surface area contributed by atoms with Crippen molar-refractivity contribution in [1.29, 1.82) is 0 Å². The number of carbonyl (C=O) groups excluding carboxylic acids is 2. The van der Waals surface area contributed by atoms with Gasteiger partial charge in [0, 0.05) is 13.6 Å². The summed E-state index contributed by atoms with van der Waals surface area (Å²) in [5.74, 6) is 1.62. The first-order valence-electron chi connectivity index (χ1n) is 5.58. The van der Waals surface area contributed by atoms with Gasteiger partial charge in [-0.3, -0.25) is 9.59 Å². The van der Waals surface area contributed by atoms with Crippen molar-refractivity contribution in [3.8, 4) is 0 Å². The minimum absolute atomic E-state index is 0.0151. The largest absolute Gasteiger partial charge is 0.335 e. The van der Waals surface area contributed by atoms with Gasteiger partial charge in [-0.05, 0) is 17.6 Å². The Labute approximate surface area is 102 Å².